The molecule has 0 radical (unpaired) electrons. The summed E-state index contributed by atoms with van der Waals surface area (Å²) >= 11 is 0. The van der Waals surface area contributed by atoms with Crippen molar-refractivity contribution in [3.05, 3.63) is 63.0 Å². The van der Waals surface area contributed by atoms with Gasteiger partial charge in [-0.3, -0.25) is 4.98 Å². The Hall–Kier alpha value is -2.25. The number of ether oxygens (including phenoxy) is 2. The maximum absolute atomic E-state index is 13.8. The highest BCUT2D eigenvalue weighted by Gasteiger charge is 2.55. The van der Waals surface area contributed by atoms with Gasteiger partial charge in [0.05, 0.1) is 28.9 Å². The van der Waals surface area contributed by atoms with Crippen molar-refractivity contribution in [2.45, 2.75) is 128 Å². The van der Waals surface area contributed by atoms with Gasteiger partial charge in [0.15, 0.2) is 8.32 Å². The molecule has 5 nitrogen and oxygen atoms in total. The van der Waals surface area contributed by atoms with Crippen molar-refractivity contribution in [3.8, 4) is 6.07 Å². The van der Waals surface area contributed by atoms with Crippen molar-refractivity contribution in [1.29, 1.82) is 5.26 Å². The number of alkyl halides is 3. The normalized spacial score (nSPS) is 24.2. The van der Waals surface area contributed by atoms with Gasteiger partial charge in [-0.1, -0.05) is 47.1 Å². The summed E-state index contributed by atoms with van der Waals surface area (Å²) in [5, 5.41) is 9.76. The summed E-state index contributed by atoms with van der Waals surface area (Å²) < 4.78 is 61.6. The van der Waals surface area contributed by atoms with E-state index in [0.29, 0.717) is 31.6 Å². The Labute approximate surface area is 260 Å². The summed E-state index contributed by atoms with van der Waals surface area (Å²) in [5.74, 6) is 0.0686. The molecule has 9 heteroatoms. The van der Waals surface area contributed by atoms with E-state index in [0.717, 1.165) is 47.0 Å². The standard InChI is InChI=1S/C35H45F3N2O3Si/c1-21(2)30-28-29(27-25(40-30)18-33(11-8-12-33)19-26(27)43-44(6,7)32(3,4)5)34(13-15-41-16-14-34)42-31(28)22-9-10-24(35(36,37)38)23(17-22)20-39/h9-10,17,21,26,31H,8,11-16,18-19H2,1-7H3/t26?,31-/m1/s1. The lowest BCUT2D eigenvalue weighted by Crippen LogP contribution is -2.47. The number of hydrogen-bond acceptors (Lipinski definition) is 5. The predicted octanol–water partition coefficient (Wildman–Crippen LogP) is 9.40. The van der Waals surface area contributed by atoms with Gasteiger partial charge in [0.2, 0.25) is 0 Å². The van der Waals surface area contributed by atoms with Crippen LogP contribution in [0.2, 0.25) is 18.1 Å². The van der Waals surface area contributed by atoms with Crippen molar-refractivity contribution in [2.24, 2.45) is 5.41 Å². The molecule has 44 heavy (non-hydrogen) atoms. The maximum Gasteiger partial charge on any atom is 0.417 e. The van der Waals surface area contributed by atoms with Crippen LogP contribution in [0.1, 0.15) is 136 Å². The van der Waals surface area contributed by atoms with Crippen molar-refractivity contribution >= 4 is 8.32 Å². The Morgan fingerprint density at radius 3 is 2.30 bits per heavy atom. The Balaban J connectivity index is 1.60. The molecule has 2 fully saturated rings. The lowest BCUT2D eigenvalue weighted by Gasteiger charge is -2.51. The average molecular weight is 627 g/mol. The molecule has 6 rings (SSSR count). The van der Waals surface area contributed by atoms with Gasteiger partial charge >= 0.3 is 6.18 Å². The number of hydrogen-bond donors (Lipinski definition) is 0. The summed E-state index contributed by atoms with van der Waals surface area (Å²) in [6.07, 6.45) is 1.39. The second-order valence-corrected chi connectivity index (χ2v) is 20.2. The van der Waals surface area contributed by atoms with Crippen molar-refractivity contribution < 1.29 is 27.1 Å². The molecule has 2 atom stereocenters. The molecule has 2 spiro atoms. The average Bonchev–Trinajstić information content (AvgIpc) is 3.24. The zero-order valence-electron chi connectivity index (χ0n) is 27.1. The van der Waals surface area contributed by atoms with Crippen LogP contribution in [0.25, 0.3) is 0 Å². The second kappa shape index (κ2) is 10.6. The van der Waals surface area contributed by atoms with E-state index in [-0.39, 0.29) is 22.5 Å². The van der Waals surface area contributed by atoms with E-state index in [4.69, 9.17) is 18.9 Å². The molecule has 1 aromatic heterocycles. The van der Waals surface area contributed by atoms with E-state index < -0.39 is 37.3 Å². The van der Waals surface area contributed by atoms with Gasteiger partial charge in [0, 0.05) is 48.6 Å². The van der Waals surface area contributed by atoms with Gasteiger partial charge < -0.3 is 13.9 Å². The molecule has 4 aliphatic rings. The van der Waals surface area contributed by atoms with E-state index in [1.54, 1.807) is 6.07 Å². The summed E-state index contributed by atoms with van der Waals surface area (Å²) in [5.41, 5.74) is 4.07. The van der Waals surface area contributed by atoms with Gasteiger partial charge in [0.25, 0.3) is 0 Å². The van der Waals surface area contributed by atoms with Crippen LogP contribution in [-0.2, 0) is 32.1 Å². The highest BCUT2D eigenvalue weighted by molar-refractivity contribution is 6.74. The van der Waals surface area contributed by atoms with Crippen molar-refractivity contribution in [3.63, 3.8) is 0 Å². The van der Waals surface area contributed by atoms with Crippen molar-refractivity contribution in [1.82, 2.24) is 4.98 Å². The number of nitrogens with zero attached hydrogens (tertiary/aromatic N) is 2. The number of rotatable bonds is 4. The van der Waals surface area contributed by atoms with Crippen LogP contribution in [0.3, 0.4) is 0 Å². The molecule has 0 N–H and O–H groups in total. The Morgan fingerprint density at radius 2 is 1.75 bits per heavy atom. The summed E-state index contributed by atoms with van der Waals surface area (Å²) in [7, 11) is -2.19. The number of pyridine rings is 1. The van der Waals surface area contributed by atoms with E-state index >= 15 is 0 Å². The molecule has 2 aromatic rings. The highest BCUT2D eigenvalue weighted by atomic mass is 28.4. The van der Waals surface area contributed by atoms with E-state index in [1.807, 2.05) is 0 Å². The first-order valence-corrected chi connectivity index (χ1v) is 19.0. The fourth-order valence-corrected chi connectivity index (χ4v) is 8.95. The quantitative estimate of drug-likeness (QED) is 0.317. The number of fused-ring (bicyclic) bond motifs is 4. The minimum Gasteiger partial charge on any atom is -0.410 e. The monoisotopic (exact) mass is 626 g/mol. The minimum absolute atomic E-state index is 0.0230. The molecule has 0 amide bonds. The van der Waals surface area contributed by atoms with Gasteiger partial charge in [-0.15, -0.1) is 0 Å². The molecule has 1 unspecified atom stereocenters. The van der Waals surface area contributed by atoms with Crippen LogP contribution in [0.4, 0.5) is 13.2 Å². The predicted molar refractivity (Wildman–Crippen MR) is 165 cm³/mol. The molecular formula is C35H45F3N2O3Si. The van der Waals surface area contributed by atoms with Gasteiger partial charge in [-0.05, 0) is 78.4 Å². The van der Waals surface area contributed by atoms with Crippen LogP contribution in [0.5, 0.6) is 0 Å². The molecule has 1 saturated heterocycles. The Bertz CT molecular complexity index is 1490. The van der Waals surface area contributed by atoms with Gasteiger partial charge in [0.1, 0.15) is 6.10 Å². The van der Waals surface area contributed by atoms with E-state index in [9.17, 15) is 18.4 Å². The lowest BCUT2D eigenvalue weighted by atomic mass is 9.58. The zero-order chi connectivity index (χ0) is 31.9. The van der Waals surface area contributed by atoms with Gasteiger partial charge in [-0.2, -0.15) is 18.4 Å². The first-order chi connectivity index (χ1) is 20.5. The van der Waals surface area contributed by atoms with Crippen LogP contribution in [0.15, 0.2) is 18.2 Å². The first kappa shape index (κ1) is 31.7. The largest absolute Gasteiger partial charge is 0.417 e. The Kier molecular flexibility index (Phi) is 7.68. The van der Waals surface area contributed by atoms with E-state index in [1.165, 1.54) is 31.4 Å². The first-order valence-electron chi connectivity index (χ1n) is 16.1. The molecular weight excluding hydrogens is 581 g/mol. The highest BCUT2D eigenvalue weighted by Crippen LogP contribution is 2.61. The molecule has 1 aromatic carbocycles. The lowest BCUT2D eigenvalue weighted by molar-refractivity contribution is -0.138. The van der Waals surface area contributed by atoms with Crippen molar-refractivity contribution in [2.75, 3.05) is 13.2 Å². The van der Waals surface area contributed by atoms with Crippen LogP contribution < -0.4 is 0 Å². The number of aromatic nitrogens is 1. The third kappa shape index (κ3) is 5.14. The molecule has 3 heterocycles. The molecule has 2 aliphatic carbocycles. The van der Waals surface area contributed by atoms with Gasteiger partial charge in [-0.25, -0.2) is 0 Å². The fraction of sp³-hybridized carbons (Fsp3) is 0.657. The summed E-state index contributed by atoms with van der Waals surface area (Å²) in [6.45, 7) is 16.7. The topological polar surface area (TPSA) is 64.4 Å². The number of halogens is 3. The fourth-order valence-electron chi connectivity index (χ4n) is 7.69. The molecule has 238 valence electrons. The SMILES string of the molecule is CC(C)c1nc2c(c3c1[C@@H](c1ccc(C(F)(F)F)c(C#N)c1)OC31CCOCC1)C(O[Si](C)(C)C(C)(C)C)CC1(CCC1)C2. The maximum atomic E-state index is 13.8. The van der Waals surface area contributed by atoms with Crippen LogP contribution in [0, 0.1) is 16.7 Å². The third-order valence-electron chi connectivity index (χ3n) is 11.2. The number of benzene rings is 1. The Morgan fingerprint density at radius 1 is 1.07 bits per heavy atom. The number of nitriles is 1. The van der Waals surface area contributed by atoms with E-state index in [2.05, 4.69) is 47.7 Å². The van der Waals surface area contributed by atoms with Crippen LogP contribution in [-0.4, -0.2) is 26.5 Å². The minimum atomic E-state index is -4.62. The molecule has 2 aliphatic heterocycles. The molecule has 0 bridgehead atoms. The summed E-state index contributed by atoms with van der Waals surface area (Å²) in [6, 6.07) is 5.66. The molecule has 1 saturated carbocycles. The zero-order valence-corrected chi connectivity index (χ0v) is 28.1. The second-order valence-electron chi connectivity index (χ2n) is 15.4. The van der Waals surface area contributed by atoms with Crippen LogP contribution >= 0.6 is 0 Å². The smallest absolute Gasteiger partial charge is 0.410 e. The summed E-state index contributed by atoms with van der Waals surface area (Å²) in [4.78, 5) is 5.44. The third-order valence-corrected chi connectivity index (χ3v) is 15.7.